The molecule has 3 rings (SSSR count). The highest BCUT2D eigenvalue weighted by Gasteiger charge is 2.11. The summed E-state index contributed by atoms with van der Waals surface area (Å²) in [7, 11) is 0. The van der Waals surface area contributed by atoms with Gasteiger partial charge in [-0.2, -0.15) is 0 Å². The van der Waals surface area contributed by atoms with Crippen LogP contribution in [0, 0.1) is 6.92 Å². The van der Waals surface area contributed by atoms with Gasteiger partial charge in [0.15, 0.2) is 5.13 Å². The SMILES string of the molecule is Cc1ccc(-c2csc(NC(=O)c3ccc(NC(=O)NC(C)C)cc3)n2)cc1. The topological polar surface area (TPSA) is 83.1 Å². The molecule has 0 atom stereocenters. The molecule has 0 unspecified atom stereocenters. The Hall–Kier alpha value is -3.19. The Balaban J connectivity index is 1.62. The summed E-state index contributed by atoms with van der Waals surface area (Å²) in [6.45, 7) is 5.81. The fraction of sp³-hybridized carbons (Fsp3) is 0.190. The molecule has 7 heteroatoms. The van der Waals surface area contributed by atoms with Gasteiger partial charge in [-0.1, -0.05) is 29.8 Å². The van der Waals surface area contributed by atoms with Crippen molar-refractivity contribution in [3.05, 3.63) is 65.0 Å². The molecule has 3 amide bonds. The number of rotatable bonds is 5. The lowest BCUT2D eigenvalue weighted by molar-refractivity contribution is 0.102. The first-order valence-electron chi connectivity index (χ1n) is 8.92. The lowest BCUT2D eigenvalue weighted by Crippen LogP contribution is -2.34. The summed E-state index contributed by atoms with van der Waals surface area (Å²) in [5.41, 5.74) is 4.13. The van der Waals surface area contributed by atoms with Crippen LogP contribution in [-0.2, 0) is 0 Å². The molecule has 0 aliphatic carbocycles. The third-order valence-corrected chi connectivity index (χ3v) is 4.65. The fourth-order valence-corrected chi connectivity index (χ4v) is 3.21. The first-order chi connectivity index (χ1) is 13.4. The zero-order valence-corrected chi connectivity index (χ0v) is 16.8. The Bertz CT molecular complexity index is 963. The molecule has 144 valence electrons. The summed E-state index contributed by atoms with van der Waals surface area (Å²) in [6.07, 6.45) is 0. The number of aromatic nitrogens is 1. The lowest BCUT2D eigenvalue weighted by Gasteiger charge is -2.10. The highest BCUT2D eigenvalue weighted by molar-refractivity contribution is 7.14. The van der Waals surface area contributed by atoms with Crippen molar-refractivity contribution in [3.8, 4) is 11.3 Å². The summed E-state index contributed by atoms with van der Waals surface area (Å²) in [4.78, 5) is 28.6. The number of carbonyl (C=O) groups is 2. The van der Waals surface area contributed by atoms with Crippen LogP contribution < -0.4 is 16.0 Å². The van der Waals surface area contributed by atoms with Gasteiger partial charge < -0.3 is 10.6 Å². The maximum atomic E-state index is 12.4. The largest absolute Gasteiger partial charge is 0.336 e. The number of amides is 3. The molecular formula is C21H22N4O2S. The normalized spacial score (nSPS) is 10.6. The number of nitrogens with one attached hydrogen (secondary N) is 3. The van der Waals surface area contributed by atoms with Gasteiger partial charge in [0.25, 0.3) is 5.91 Å². The molecule has 0 aliphatic heterocycles. The average molecular weight is 395 g/mol. The number of nitrogens with zero attached hydrogens (tertiary/aromatic N) is 1. The minimum atomic E-state index is -0.279. The second-order valence-electron chi connectivity index (χ2n) is 6.69. The summed E-state index contributed by atoms with van der Waals surface area (Å²) in [6, 6.07) is 14.6. The second-order valence-corrected chi connectivity index (χ2v) is 7.55. The molecule has 0 saturated heterocycles. The molecule has 0 saturated carbocycles. The Kier molecular flexibility index (Phi) is 6.06. The maximum Gasteiger partial charge on any atom is 0.319 e. The van der Waals surface area contributed by atoms with Crippen molar-refractivity contribution in [1.82, 2.24) is 10.3 Å². The molecule has 0 radical (unpaired) electrons. The zero-order chi connectivity index (χ0) is 20.1. The van der Waals surface area contributed by atoms with Gasteiger partial charge in [-0.3, -0.25) is 10.1 Å². The predicted molar refractivity (Wildman–Crippen MR) is 114 cm³/mol. The standard InChI is InChI=1S/C21H22N4O2S/c1-13(2)22-20(27)23-17-10-8-16(9-11-17)19(26)25-21-24-18(12-28-21)15-6-4-14(3)5-7-15/h4-13H,1-3H3,(H2,22,23,27)(H,24,25,26). The number of hydrogen-bond donors (Lipinski definition) is 3. The number of anilines is 2. The van der Waals surface area contributed by atoms with E-state index >= 15 is 0 Å². The molecule has 0 bridgehead atoms. The third kappa shape index (κ3) is 5.17. The van der Waals surface area contributed by atoms with Crippen LogP contribution in [0.5, 0.6) is 0 Å². The highest BCUT2D eigenvalue weighted by Crippen LogP contribution is 2.25. The Morgan fingerprint density at radius 3 is 2.29 bits per heavy atom. The first kappa shape index (κ1) is 19.6. The van der Waals surface area contributed by atoms with E-state index in [1.165, 1.54) is 16.9 Å². The molecule has 6 nitrogen and oxygen atoms in total. The van der Waals surface area contributed by atoms with Crippen molar-refractivity contribution in [3.63, 3.8) is 0 Å². The van der Waals surface area contributed by atoms with Crippen LogP contribution in [-0.4, -0.2) is 23.0 Å². The number of aryl methyl sites for hydroxylation is 1. The van der Waals surface area contributed by atoms with E-state index in [-0.39, 0.29) is 18.0 Å². The molecule has 3 N–H and O–H groups in total. The van der Waals surface area contributed by atoms with Gasteiger partial charge in [0.2, 0.25) is 0 Å². The van der Waals surface area contributed by atoms with Gasteiger partial charge in [-0.05, 0) is 45.0 Å². The van der Waals surface area contributed by atoms with Crippen molar-refractivity contribution >= 4 is 34.1 Å². The van der Waals surface area contributed by atoms with Crippen molar-refractivity contribution < 1.29 is 9.59 Å². The van der Waals surface area contributed by atoms with Crippen molar-refractivity contribution in [1.29, 1.82) is 0 Å². The van der Waals surface area contributed by atoms with E-state index in [1.807, 2.05) is 50.4 Å². The second kappa shape index (κ2) is 8.67. The van der Waals surface area contributed by atoms with Gasteiger partial charge >= 0.3 is 6.03 Å². The van der Waals surface area contributed by atoms with Gasteiger partial charge in [-0.15, -0.1) is 11.3 Å². The summed E-state index contributed by atoms with van der Waals surface area (Å²) in [5.74, 6) is -0.247. The number of urea groups is 1. The lowest BCUT2D eigenvalue weighted by atomic mass is 10.1. The summed E-state index contributed by atoms with van der Waals surface area (Å²) in [5, 5.41) is 10.7. The maximum absolute atomic E-state index is 12.4. The van der Waals surface area contributed by atoms with E-state index in [0.29, 0.717) is 16.4 Å². The molecule has 3 aromatic rings. The smallest absolute Gasteiger partial charge is 0.319 e. The number of benzene rings is 2. The Labute approximate surface area is 168 Å². The molecule has 28 heavy (non-hydrogen) atoms. The minimum absolute atomic E-state index is 0.0492. The summed E-state index contributed by atoms with van der Waals surface area (Å²) >= 11 is 1.38. The van der Waals surface area contributed by atoms with Crippen LogP contribution in [0.15, 0.2) is 53.9 Å². The third-order valence-electron chi connectivity index (χ3n) is 3.90. The molecule has 0 fully saturated rings. The molecule has 0 aliphatic rings. The fourth-order valence-electron chi connectivity index (χ4n) is 2.49. The number of hydrogen-bond acceptors (Lipinski definition) is 4. The molecule has 1 aromatic heterocycles. The average Bonchev–Trinajstić information content (AvgIpc) is 3.10. The summed E-state index contributed by atoms with van der Waals surface area (Å²) < 4.78 is 0. The minimum Gasteiger partial charge on any atom is -0.336 e. The van der Waals surface area contributed by atoms with Crippen LogP contribution in [0.1, 0.15) is 29.8 Å². The highest BCUT2D eigenvalue weighted by atomic mass is 32.1. The van der Waals surface area contributed by atoms with E-state index in [0.717, 1.165) is 11.3 Å². The van der Waals surface area contributed by atoms with E-state index < -0.39 is 0 Å². The van der Waals surface area contributed by atoms with Crippen molar-refractivity contribution in [2.24, 2.45) is 0 Å². The molecular weight excluding hydrogens is 372 g/mol. The van der Waals surface area contributed by atoms with Crippen LogP contribution in [0.2, 0.25) is 0 Å². The quantitative estimate of drug-likeness (QED) is 0.575. The van der Waals surface area contributed by atoms with Crippen LogP contribution in [0.4, 0.5) is 15.6 Å². The molecule has 0 spiro atoms. The predicted octanol–water partition coefficient (Wildman–Crippen LogP) is 4.90. The first-order valence-corrected chi connectivity index (χ1v) is 9.80. The Morgan fingerprint density at radius 1 is 0.964 bits per heavy atom. The Morgan fingerprint density at radius 2 is 1.64 bits per heavy atom. The van der Waals surface area contributed by atoms with Crippen LogP contribution in [0.25, 0.3) is 11.3 Å². The van der Waals surface area contributed by atoms with Gasteiger partial charge in [0, 0.05) is 28.2 Å². The molecule has 1 heterocycles. The number of carbonyl (C=O) groups excluding carboxylic acids is 2. The van der Waals surface area contributed by atoms with Gasteiger partial charge in [0.1, 0.15) is 0 Å². The van der Waals surface area contributed by atoms with Crippen molar-refractivity contribution in [2.75, 3.05) is 10.6 Å². The van der Waals surface area contributed by atoms with Crippen LogP contribution in [0.3, 0.4) is 0 Å². The van der Waals surface area contributed by atoms with E-state index in [2.05, 4.69) is 20.9 Å². The molecule has 2 aromatic carbocycles. The monoisotopic (exact) mass is 394 g/mol. The van der Waals surface area contributed by atoms with Gasteiger partial charge in [-0.25, -0.2) is 9.78 Å². The number of thiazole rings is 1. The van der Waals surface area contributed by atoms with Gasteiger partial charge in [0.05, 0.1) is 5.69 Å². The van der Waals surface area contributed by atoms with E-state index in [1.54, 1.807) is 24.3 Å². The zero-order valence-electron chi connectivity index (χ0n) is 15.9. The van der Waals surface area contributed by atoms with E-state index in [9.17, 15) is 9.59 Å². The van der Waals surface area contributed by atoms with Crippen LogP contribution >= 0.6 is 11.3 Å². The van der Waals surface area contributed by atoms with Crippen molar-refractivity contribution in [2.45, 2.75) is 26.8 Å². The van der Waals surface area contributed by atoms with E-state index in [4.69, 9.17) is 0 Å².